The van der Waals surface area contributed by atoms with Crippen LogP contribution in [-0.2, 0) is 9.59 Å². The summed E-state index contributed by atoms with van der Waals surface area (Å²) >= 11 is 1.93. The highest BCUT2D eigenvalue weighted by Crippen LogP contribution is 2.44. The second kappa shape index (κ2) is 5.73. The third kappa shape index (κ3) is 3.07. The van der Waals surface area contributed by atoms with Gasteiger partial charge in [0.2, 0.25) is 5.91 Å². The average Bonchev–Trinajstić information content (AvgIpc) is 2.33. The monoisotopic (exact) mass is 285 g/mol. The summed E-state index contributed by atoms with van der Waals surface area (Å²) < 4.78 is 0. The molecule has 1 atom stereocenters. The van der Waals surface area contributed by atoms with E-state index in [1.165, 1.54) is 0 Å². The Morgan fingerprint density at radius 2 is 2.11 bits per heavy atom. The average molecular weight is 285 g/mol. The first kappa shape index (κ1) is 14.7. The maximum absolute atomic E-state index is 12.3. The fraction of sp³-hybridized carbons (Fsp3) is 0.857. The molecule has 19 heavy (non-hydrogen) atoms. The normalized spacial score (nSPS) is 26.1. The van der Waals surface area contributed by atoms with Crippen molar-refractivity contribution in [1.82, 2.24) is 4.90 Å². The standard InChI is InChI=1S/C14H23NO3S/c1-10(2)11-9-15(6-7-19-11)12(16)8-14(13(17)18)4-3-5-14/h10-11H,3-9H2,1-2H3,(H,17,18). The molecule has 1 aliphatic heterocycles. The van der Waals surface area contributed by atoms with Gasteiger partial charge in [-0.3, -0.25) is 9.59 Å². The summed E-state index contributed by atoms with van der Waals surface area (Å²) in [5, 5.41) is 9.78. The minimum Gasteiger partial charge on any atom is -0.481 e. The lowest BCUT2D eigenvalue weighted by Gasteiger charge is -2.40. The van der Waals surface area contributed by atoms with E-state index in [9.17, 15) is 14.7 Å². The van der Waals surface area contributed by atoms with Gasteiger partial charge in [-0.1, -0.05) is 20.3 Å². The molecule has 5 heteroatoms. The first-order valence-corrected chi connectivity index (χ1v) is 8.12. The summed E-state index contributed by atoms with van der Waals surface area (Å²) in [5.74, 6) is 0.763. The van der Waals surface area contributed by atoms with Crippen molar-refractivity contribution in [3.05, 3.63) is 0 Å². The van der Waals surface area contributed by atoms with Crippen molar-refractivity contribution in [1.29, 1.82) is 0 Å². The third-order valence-electron chi connectivity index (χ3n) is 4.44. The molecule has 2 rings (SSSR count). The van der Waals surface area contributed by atoms with Crippen LogP contribution in [-0.4, -0.2) is 46.0 Å². The number of carboxylic acids is 1. The molecule has 1 N–H and O–H groups in total. The van der Waals surface area contributed by atoms with E-state index in [4.69, 9.17) is 0 Å². The molecule has 0 spiro atoms. The van der Waals surface area contributed by atoms with Gasteiger partial charge in [0.15, 0.2) is 0 Å². The molecule has 2 fully saturated rings. The van der Waals surface area contributed by atoms with Crippen molar-refractivity contribution in [3.63, 3.8) is 0 Å². The summed E-state index contributed by atoms with van der Waals surface area (Å²) in [6.45, 7) is 5.89. The number of carbonyl (C=O) groups is 2. The van der Waals surface area contributed by atoms with Gasteiger partial charge >= 0.3 is 5.97 Å². The highest BCUT2D eigenvalue weighted by Gasteiger charge is 2.46. The van der Waals surface area contributed by atoms with E-state index >= 15 is 0 Å². The largest absolute Gasteiger partial charge is 0.481 e. The Labute approximate surface area is 118 Å². The van der Waals surface area contributed by atoms with Gasteiger partial charge in [0, 0.05) is 30.5 Å². The summed E-state index contributed by atoms with van der Waals surface area (Å²) in [6, 6.07) is 0. The highest BCUT2D eigenvalue weighted by molar-refractivity contribution is 8.00. The molecule has 2 aliphatic rings. The molecule has 0 radical (unpaired) electrons. The smallest absolute Gasteiger partial charge is 0.310 e. The lowest BCUT2D eigenvalue weighted by atomic mass is 9.66. The first-order valence-electron chi connectivity index (χ1n) is 7.07. The van der Waals surface area contributed by atoms with E-state index in [1.54, 1.807) is 0 Å². The van der Waals surface area contributed by atoms with Crippen molar-refractivity contribution in [2.24, 2.45) is 11.3 Å². The number of hydrogen-bond acceptors (Lipinski definition) is 3. The molecule has 1 unspecified atom stereocenters. The molecule has 0 aromatic heterocycles. The minimum absolute atomic E-state index is 0.0352. The van der Waals surface area contributed by atoms with E-state index < -0.39 is 11.4 Å². The molecule has 1 saturated carbocycles. The Hall–Kier alpha value is -0.710. The molecular weight excluding hydrogens is 262 g/mol. The Bertz CT molecular complexity index is 366. The Balaban J connectivity index is 1.94. The number of thioether (sulfide) groups is 1. The maximum Gasteiger partial charge on any atom is 0.310 e. The van der Waals surface area contributed by atoms with Crippen LogP contribution in [0, 0.1) is 11.3 Å². The first-order chi connectivity index (χ1) is 8.94. The molecule has 0 aromatic rings. The highest BCUT2D eigenvalue weighted by atomic mass is 32.2. The molecule has 0 bridgehead atoms. The van der Waals surface area contributed by atoms with Gasteiger partial charge in [0.1, 0.15) is 0 Å². The van der Waals surface area contributed by atoms with Crippen LogP contribution in [0.2, 0.25) is 0 Å². The zero-order valence-corrected chi connectivity index (χ0v) is 12.5. The summed E-state index contributed by atoms with van der Waals surface area (Å²) in [7, 11) is 0. The quantitative estimate of drug-likeness (QED) is 0.860. The summed E-state index contributed by atoms with van der Waals surface area (Å²) in [5.41, 5.74) is -0.755. The lowest BCUT2D eigenvalue weighted by Crippen LogP contribution is -2.48. The van der Waals surface area contributed by atoms with Crippen molar-refractivity contribution < 1.29 is 14.7 Å². The maximum atomic E-state index is 12.3. The van der Waals surface area contributed by atoms with Gasteiger partial charge in [0.25, 0.3) is 0 Å². The van der Waals surface area contributed by atoms with Crippen LogP contribution in [0.25, 0.3) is 0 Å². The Morgan fingerprint density at radius 1 is 1.42 bits per heavy atom. The van der Waals surface area contributed by atoms with Crippen LogP contribution in [0.4, 0.5) is 0 Å². The number of nitrogens with zero attached hydrogens (tertiary/aromatic N) is 1. The van der Waals surface area contributed by atoms with Gasteiger partial charge < -0.3 is 10.0 Å². The van der Waals surface area contributed by atoms with Crippen LogP contribution in [0.15, 0.2) is 0 Å². The van der Waals surface area contributed by atoms with Crippen molar-refractivity contribution in [2.45, 2.75) is 44.8 Å². The molecule has 4 nitrogen and oxygen atoms in total. The fourth-order valence-electron chi connectivity index (χ4n) is 2.78. The number of rotatable bonds is 4. The number of amides is 1. The molecule has 1 saturated heterocycles. The third-order valence-corrected chi connectivity index (χ3v) is 5.98. The van der Waals surface area contributed by atoms with Gasteiger partial charge in [-0.2, -0.15) is 11.8 Å². The Kier molecular flexibility index (Phi) is 4.43. The zero-order chi connectivity index (χ0) is 14.0. The van der Waals surface area contributed by atoms with Crippen LogP contribution >= 0.6 is 11.8 Å². The van der Waals surface area contributed by atoms with Crippen LogP contribution in [0.3, 0.4) is 0 Å². The van der Waals surface area contributed by atoms with Gasteiger partial charge in [0.05, 0.1) is 5.41 Å². The van der Waals surface area contributed by atoms with Crippen LogP contribution < -0.4 is 0 Å². The number of aliphatic carboxylic acids is 1. The van der Waals surface area contributed by atoms with Gasteiger partial charge in [-0.25, -0.2) is 0 Å². The van der Waals surface area contributed by atoms with Crippen LogP contribution in [0.5, 0.6) is 0 Å². The van der Waals surface area contributed by atoms with Gasteiger partial charge in [-0.05, 0) is 18.8 Å². The van der Waals surface area contributed by atoms with E-state index in [0.717, 1.165) is 25.3 Å². The number of carbonyl (C=O) groups excluding carboxylic acids is 1. The van der Waals surface area contributed by atoms with Crippen molar-refractivity contribution >= 4 is 23.6 Å². The summed E-state index contributed by atoms with van der Waals surface area (Å²) in [6.07, 6.45) is 2.44. The Morgan fingerprint density at radius 3 is 2.58 bits per heavy atom. The predicted octanol–water partition coefficient (Wildman–Crippen LogP) is 2.23. The molecule has 1 amide bonds. The fourth-order valence-corrected chi connectivity index (χ4v) is 4.08. The topological polar surface area (TPSA) is 57.6 Å². The number of hydrogen-bond donors (Lipinski definition) is 1. The van der Waals surface area contributed by atoms with E-state index in [2.05, 4.69) is 13.8 Å². The number of carboxylic acid groups (broad SMARTS) is 1. The molecule has 108 valence electrons. The second-order valence-corrected chi connectivity index (χ2v) is 7.46. The zero-order valence-electron chi connectivity index (χ0n) is 11.7. The van der Waals surface area contributed by atoms with E-state index in [0.29, 0.717) is 24.0 Å². The van der Waals surface area contributed by atoms with E-state index in [1.807, 2.05) is 16.7 Å². The SMILES string of the molecule is CC(C)C1CN(C(=O)CC2(C(=O)O)CCC2)CCS1. The molecular formula is C14H23NO3S. The molecule has 0 aromatic carbocycles. The summed E-state index contributed by atoms with van der Waals surface area (Å²) in [4.78, 5) is 25.5. The molecule has 1 heterocycles. The van der Waals surface area contributed by atoms with Crippen LogP contribution in [0.1, 0.15) is 39.5 Å². The van der Waals surface area contributed by atoms with E-state index in [-0.39, 0.29) is 12.3 Å². The minimum atomic E-state index is -0.793. The molecule has 1 aliphatic carbocycles. The van der Waals surface area contributed by atoms with Gasteiger partial charge in [-0.15, -0.1) is 0 Å². The predicted molar refractivity (Wildman–Crippen MR) is 76.2 cm³/mol. The van der Waals surface area contributed by atoms with Crippen molar-refractivity contribution in [3.8, 4) is 0 Å². The van der Waals surface area contributed by atoms with Crippen molar-refractivity contribution in [2.75, 3.05) is 18.8 Å². The second-order valence-electron chi connectivity index (χ2n) is 6.11. The lowest BCUT2D eigenvalue weighted by molar-refractivity contribution is -0.159.